The van der Waals surface area contributed by atoms with Gasteiger partial charge in [0, 0.05) is 0 Å². The SMILES string of the molecule is N#CNC(=O)C1COc2ccccc2C1. The van der Waals surface area contributed by atoms with Crippen molar-refractivity contribution in [1.29, 1.82) is 5.26 Å². The molecule has 1 aliphatic heterocycles. The van der Waals surface area contributed by atoms with Crippen LogP contribution < -0.4 is 10.1 Å². The molecule has 0 radical (unpaired) electrons. The van der Waals surface area contributed by atoms with Crippen LogP contribution in [0.3, 0.4) is 0 Å². The third kappa shape index (κ3) is 1.91. The minimum Gasteiger partial charge on any atom is -0.492 e. The average Bonchev–Trinajstić information content (AvgIpc) is 2.29. The molecule has 0 saturated heterocycles. The second kappa shape index (κ2) is 4.01. The van der Waals surface area contributed by atoms with E-state index in [0.29, 0.717) is 13.0 Å². The summed E-state index contributed by atoms with van der Waals surface area (Å²) in [6.07, 6.45) is 2.26. The molecule has 15 heavy (non-hydrogen) atoms. The van der Waals surface area contributed by atoms with Crippen molar-refractivity contribution in [2.45, 2.75) is 6.42 Å². The molecule has 0 fully saturated rings. The second-order valence-electron chi connectivity index (χ2n) is 3.42. The number of benzene rings is 1. The van der Waals surface area contributed by atoms with Gasteiger partial charge in [0.25, 0.3) is 0 Å². The van der Waals surface area contributed by atoms with Crippen LogP contribution in [-0.4, -0.2) is 12.5 Å². The number of ether oxygens (including phenoxy) is 1. The summed E-state index contributed by atoms with van der Waals surface area (Å²) in [5.41, 5.74) is 1.02. The summed E-state index contributed by atoms with van der Waals surface area (Å²) in [6, 6.07) is 7.62. The van der Waals surface area contributed by atoms with E-state index >= 15 is 0 Å². The Bertz CT molecular complexity index is 423. The smallest absolute Gasteiger partial charge is 0.239 e. The monoisotopic (exact) mass is 202 g/mol. The standard InChI is InChI=1S/C11H10N2O2/c12-7-13-11(14)9-5-8-3-1-2-4-10(8)15-6-9/h1-4,9H,5-6H2,(H,13,14). The van der Waals surface area contributed by atoms with E-state index in [4.69, 9.17) is 10.00 Å². The molecule has 1 N–H and O–H groups in total. The molecule has 0 aliphatic carbocycles. The Hall–Kier alpha value is -2.02. The molecule has 0 spiro atoms. The maximum absolute atomic E-state index is 11.4. The number of carbonyl (C=O) groups excluding carboxylic acids is 1. The number of nitrogens with zero attached hydrogens (tertiary/aromatic N) is 1. The maximum atomic E-state index is 11.4. The molecule has 76 valence electrons. The number of amides is 1. The van der Waals surface area contributed by atoms with E-state index in [2.05, 4.69) is 5.32 Å². The number of nitriles is 1. The van der Waals surface area contributed by atoms with Gasteiger partial charge in [-0.05, 0) is 18.1 Å². The topological polar surface area (TPSA) is 62.1 Å². The molecule has 0 aromatic heterocycles. The lowest BCUT2D eigenvalue weighted by Gasteiger charge is -2.23. The Morgan fingerprint density at radius 2 is 2.33 bits per heavy atom. The zero-order chi connectivity index (χ0) is 10.7. The van der Waals surface area contributed by atoms with Crippen molar-refractivity contribution < 1.29 is 9.53 Å². The van der Waals surface area contributed by atoms with E-state index in [-0.39, 0.29) is 11.8 Å². The van der Waals surface area contributed by atoms with Crippen LogP contribution in [0.25, 0.3) is 0 Å². The van der Waals surface area contributed by atoms with Gasteiger partial charge in [-0.15, -0.1) is 0 Å². The highest BCUT2D eigenvalue weighted by atomic mass is 16.5. The molecule has 1 atom stereocenters. The fourth-order valence-corrected chi connectivity index (χ4v) is 1.65. The Morgan fingerprint density at radius 3 is 3.13 bits per heavy atom. The van der Waals surface area contributed by atoms with E-state index in [0.717, 1.165) is 11.3 Å². The summed E-state index contributed by atoms with van der Waals surface area (Å²) >= 11 is 0. The Balaban J connectivity index is 2.12. The predicted octanol–water partition coefficient (Wildman–Crippen LogP) is 0.835. The molecule has 0 saturated carbocycles. The molecular formula is C11H10N2O2. The molecule has 1 heterocycles. The largest absolute Gasteiger partial charge is 0.492 e. The third-order valence-electron chi connectivity index (χ3n) is 2.43. The van der Waals surface area contributed by atoms with Crippen LogP contribution in [0.5, 0.6) is 5.75 Å². The number of carbonyl (C=O) groups is 1. The number of fused-ring (bicyclic) bond motifs is 1. The van der Waals surface area contributed by atoms with Gasteiger partial charge in [0.15, 0.2) is 6.19 Å². The normalized spacial score (nSPS) is 18.2. The molecule has 2 rings (SSSR count). The first-order valence-corrected chi connectivity index (χ1v) is 4.71. The number of hydrogen-bond acceptors (Lipinski definition) is 3. The summed E-state index contributed by atoms with van der Waals surface area (Å²) in [7, 11) is 0. The minimum absolute atomic E-state index is 0.264. The lowest BCUT2D eigenvalue weighted by Crippen LogP contribution is -2.35. The van der Waals surface area contributed by atoms with Crippen molar-refractivity contribution in [2.24, 2.45) is 5.92 Å². The van der Waals surface area contributed by atoms with Gasteiger partial charge in [0.05, 0.1) is 5.92 Å². The molecule has 1 aromatic rings. The Kier molecular flexibility index (Phi) is 2.55. The molecular weight excluding hydrogens is 192 g/mol. The quantitative estimate of drug-likeness (QED) is 0.542. The second-order valence-corrected chi connectivity index (χ2v) is 3.42. The number of hydrogen-bond donors (Lipinski definition) is 1. The first-order valence-electron chi connectivity index (χ1n) is 4.71. The Labute approximate surface area is 87.5 Å². The van der Waals surface area contributed by atoms with Crippen LogP contribution in [0.4, 0.5) is 0 Å². The van der Waals surface area contributed by atoms with Crippen LogP contribution in [0.2, 0.25) is 0 Å². The fraction of sp³-hybridized carbons (Fsp3) is 0.273. The molecule has 4 nitrogen and oxygen atoms in total. The van der Waals surface area contributed by atoms with Crippen LogP contribution in [0.1, 0.15) is 5.56 Å². The predicted molar refractivity (Wildman–Crippen MR) is 52.9 cm³/mol. The summed E-state index contributed by atoms with van der Waals surface area (Å²) in [5, 5.41) is 10.5. The first kappa shape index (κ1) is 9.53. The van der Waals surface area contributed by atoms with Gasteiger partial charge in [-0.1, -0.05) is 18.2 Å². The van der Waals surface area contributed by atoms with Crippen molar-refractivity contribution in [3.8, 4) is 11.9 Å². The van der Waals surface area contributed by atoms with Crippen molar-refractivity contribution >= 4 is 5.91 Å². The van der Waals surface area contributed by atoms with E-state index in [9.17, 15) is 4.79 Å². The first-order chi connectivity index (χ1) is 7.31. The van der Waals surface area contributed by atoms with Crippen molar-refractivity contribution in [2.75, 3.05) is 6.61 Å². The van der Waals surface area contributed by atoms with E-state index < -0.39 is 0 Å². The van der Waals surface area contributed by atoms with Gasteiger partial charge in [-0.2, -0.15) is 5.26 Å². The highest BCUT2D eigenvalue weighted by Crippen LogP contribution is 2.26. The number of rotatable bonds is 1. The van der Waals surface area contributed by atoms with Crippen LogP contribution in [0, 0.1) is 17.4 Å². The van der Waals surface area contributed by atoms with E-state index in [1.807, 2.05) is 24.3 Å². The van der Waals surface area contributed by atoms with Crippen molar-refractivity contribution in [3.63, 3.8) is 0 Å². The maximum Gasteiger partial charge on any atom is 0.239 e. The van der Waals surface area contributed by atoms with E-state index in [1.54, 1.807) is 6.19 Å². The van der Waals surface area contributed by atoms with Gasteiger partial charge in [0.1, 0.15) is 12.4 Å². The van der Waals surface area contributed by atoms with Crippen LogP contribution >= 0.6 is 0 Å². The van der Waals surface area contributed by atoms with Gasteiger partial charge >= 0.3 is 0 Å². The van der Waals surface area contributed by atoms with E-state index in [1.165, 1.54) is 0 Å². The fourth-order valence-electron chi connectivity index (χ4n) is 1.65. The van der Waals surface area contributed by atoms with Gasteiger partial charge in [0.2, 0.25) is 5.91 Å². The molecule has 4 heteroatoms. The number of para-hydroxylation sites is 1. The average molecular weight is 202 g/mol. The zero-order valence-electron chi connectivity index (χ0n) is 8.06. The van der Waals surface area contributed by atoms with Crippen molar-refractivity contribution in [3.05, 3.63) is 29.8 Å². The summed E-state index contributed by atoms with van der Waals surface area (Å²) in [5.74, 6) is 0.296. The lowest BCUT2D eigenvalue weighted by molar-refractivity contribution is -0.125. The molecule has 1 aliphatic rings. The Morgan fingerprint density at radius 1 is 1.53 bits per heavy atom. The number of nitrogens with one attached hydrogen (secondary N) is 1. The third-order valence-corrected chi connectivity index (χ3v) is 2.43. The van der Waals surface area contributed by atoms with Crippen molar-refractivity contribution in [1.82, 2.24) is 5.32 Å². The molecule has 1 amide bonds. The molecule has 1 unspecified atom stereocenters. The lowest BCUT2D eigenvalue weighted by atomic mass is 9.96. The highest BCUT2D eigenvalue weighted by molar-refractivity contribution is 5.80. The van der Waals surface area contributed by atoms with Gasteiger partial charge in [-0.3, -0.25) is 10.1 Å². The summed E-state index contributed by atoms with van der Waals surface area (Å²) in [4.78, 5) is 11.4. The van der Waals surface area contributed by atoms with Gasteiger partial charge < -0.3 is 4.74 Å². The summed E-state index contributed by atoms with van der Waals surface area (Å²) in [6.45, 7) is 0.338. The van der Waals surface area contributed by atoms with Crippen LogP contribution in [0.15, 0.2) is 24.3 Å². The van der Waals surface area contributed by atoms with Crippen LogP contribution in [-0.2, 0) is 11.2 Å². The molecule has 1 aromatic carbocycles. The summed E-state index contributed by atoms with van der Waals surface area (Å²) < 4.78 is 5.43. The minimum atomic E-state index is -0.271. The van der Waals surface area contributed by atoms with Gasteiger partial charge in [-0.25, -0.2) is 0 Å². The highest BCUT2D eigenvalue weighted by Gasteiger charge is 2.25. The molecule has 0 bridgehead atoms. The zero-order valence-corrected chi connectivity index (χ0v) is 8.06.